The molecule has 0 unspecified atom stereocenters. The quantitative estimate of drug-likeness (QED) is 0.411. The van der Waals surface area contributed by atoms with Crippen LogP contribution in [0, 0.1) is 0 Å². The van der Waals surface area contributed by atoms with E-state index in [9.17, 15) is 4.79 Å². The highest BCUT2D eigenvalue weighted by Gasteiger charge is 2.06. The topological polar surface area (TPSA) is 35.5 Å². The van der Waals surface area contributed by atoms with Gasteiger partial charge in [-0.05, 0) is 37.1 Å². The van der Waals surface area contributed by atoms with Crippen LogP contribution in [-0.2, 0) is 4.74 Å². The number of hydrogen-bond donors (Lipinski definition) is 0. The van der Waals surface area contributed by atoms with E-state index in [-0.39, 0.29) is 5.97 Å². The van der Waals surface area contributed by atoms with Gasteiger partial charge >= 0.3 is 5.97 Å². The average Bonchev–Trinajstić information content (AvgIpc) is 2.42. The molecule has 0 N–H and O–H groups in total. The predicted molar refractivity (Wildman–Crippen MR) is 72.5 cm³/mol. The number of unbranched alkanes of at least 4 members (excludes halogenated alkanes) is 3. The Kier molecular flexibility index (Phi) is 7.26. The molecular weight excluding hydrogens is 252 g/mol. The van der Waals surface area contributed by atoms with E-state index in [0.717, 1.165) is 31.4 Å². The van der Waals surface area contributed by atoms with E-state index < -0.39 is 0 Å². The lowest BCUT2D eigenvalue weighted by Crippen LogP contribution is -2.06. The molecule has 100 valence electrons. The molecule has 0 spiro atoms. The lowest BCUT2D eigenvalue weighted by molar-refractivity contribution is 0.0498. The van der Waals surface area contributed by atoms with E-state index >= 15 is 0 Å². The van der Waals surface area contributed by atoms with Gasteiger partial charge in [0.05, 0.1) is 19.3 Å². The van der Waals surface area contributed by atoms with E-state index in [2.05, 4.69) is 0 Å². The van der Waals surface area contributed by atoms with E-state index in [1.165, 1.54) is 0 Å². The maximum Gasteiger partial charge on any atom is 0.338 e. The van der Waals surface area contributed by atoms with Gasteiger partial charge < -0.3 is 9.47 Å². The molecule has 18 heavy (non-hydrogen) atoms. The zero-order valence-electron chi connectivity index (χ0n) is 10.7. The van der Waals surface area contributed by atoms with Crippen LogP contribution >= 0.6 is 11.6 Å². The van der Waals surface area contributed by atoms with Crippen molar-refractivity contribution in [3.05, 3.63) is 29.8 Å². The Labute approximate surface area is 113 Å². The minimum absolute atomic E-state index is 0.282. The number of hydrogen-bond acceptors (Lipinski definition) is 3. The number of rotatable bonds is 8. The number of carbonyl (C=O) groups excluding carboxylic acids is 1. The molecule has 0 radical (unpaired) electrons. The number of alkyl halides is 1. The van der Waals surface area contributed by atoms with Crippen LogP contribution in [0.1, 0.15) is 36.0 Å². The van der Waals surface area contributed by atoms with Crippen molar-refractivity contribution in [2.75, 3.05) is 19.6 Å². The second-order valence-electron chi connectivity index (χ2n) is 3.97. The summed E-state index contributed by atoms with van der Waals surface area (Å²) in [6, 6.07) is 6.90. The Hall–Kier alpha value is -1.22. The lowest BCUT2D eigenvalue weighted by Gasteiger charge is -2.05. The summed E-state index contributed by atoms with van der Waals surface area (Å²) < 4.78 is 10.2. The van der Waals surface area contributed by atoms with E-state index in [1.807, 2.05) is 0 Å². The molecule has 0 bridgehead atoms. The normalized spacial score (nSPS) is 10.1. The molecule has 0 atom stereocenters. The zero-order chi connectivity index (χ0) is 13.2. The van der Waals surface area contributed by atoms with Gasteiger partial charge in [0.1, 0.15) is 5.75 Å². The molecule has 0 aromatic heterocycles. The van der Waals surface area contributed by atoms with Gasteiger partial charge in [-0.1, -0.05) is 12.8 Å². The Morgan fingerprint density at radius 1 is 1.11 bits per heavy atom. The summed E-state index contributed by atoms with van der Waals surface area (Å²) in [5.74, 6) is 1.15. The third kappa shape index (κ3) is 5.41. The number of esters is 1. The number of carbonyl (C=O) groups is 1. The van der Waals surface area contributed by atoms with Crippen molar-refractivity contribution in [2.24, 2.45) is 0 Å². The van der Waals surface area contributed by atoms with Crippen LogP contribution in [0.4, 0.5) is 0 Å². The van der Waals surface area contributed by atoms with Gasteiger partial charge in [-0.3, -0.25) is 0 Å². The van der Waals surface area contributed by atoms with E-state index in [1.54, 1.807) is 31.4 Å². The van der Waals surface area contributed by atoms with Crippen LogP contribution in [0.2, 0.25) is 0 Å². The van der Waals surface area contributed by atoms with Crippen molar-refractivity contribution in [1.82, 2.24) is 0 Å². The smallest absolute Gasteiger partial charge is 0.338 e. The largest absolute Gasteiger partial charge is 0.497 e. The molecule has 4 heteroatoms. The van der Waals surface area contributed by atoms with Gasteiger partial charge in [0.2, 0.25) is 0 Å². The fraction of sp³-hybridized carbons (Fsp3) is 0.500. The highest BCUT2D eigenvalue weighted by Crippen LogP contribution is 2.12. The fourth-order valence-corrected chi connectivity index (χ4v) is 1.71. The first-order valence-electron chi connectivity index (χ1n) is 6.15. The van der Waals surface area contributed by atoms with Crippen molar-refractivity contribution in [3.63, 3.8) is 0 Å². The van der Waals surface area contributed by atoms with Crippen LogP contribution in [0.25, 0.3) is 0 Å². The molecule has 3 nitrogen and oxygen atoms in total. The van der Waals surface area contributed by atoms with Crippen molar-refractivity contribution in [2.45, 2.75) is 25.7 Å². The van der Waals surface area contributed by atoms with Crippen LogP contribution in [-0.4, -0.2) is 25.6 Å². The molecule has 1 aromatic carbocycles. The first kappa shape index (κ1) is 14.8. The summed E-state index contributed by atoms with van der Waals surface area (Å²) in [6.45, 7) is 0.465. The first-order chi connectivity index (χ1) is 8.77. The Balaban J connectivity index is 2.23. The van der Waals surface area contributed by atoms with Crippen molar-refractivity contribution in [3.8, 4) is 5.75 Å². The molecule has 0 heterocycles. The average molecular weight is 271 g/mol. The summed E-state index contributed by atoms with van der Waals surface area (Å²) >= 11 is 5.57. The minimum atomic E-state index is -0.282. The van der Waals surface area contributed by atoms with Gasteiger partial charge in [-0.25, -0.2) is 4.79 Å². The second-order valence-corrected chi connectivity index (χ2v) is 4.35. The van der Waals surface area contributed by atoms with Crippen molar-refractivity contribution in [1.29, 1.82) is 0 Å². The minimum Gasteiger partial charge on any atom is -0.497 e. The third-order valence-electron chi connectivity index (χ3n) is 2.59. The predicted octanol–water partition coefficient (Wildman–Crippen LogP) is 3.65. The van der Waals surface area contributed by atoms with Gasteiger partial charge in [0, 0.05) is 5.88 Å². The summed E-state index contributed by atoms with van der Waals surface area (Å²) in [4.78, 5) is 11.6. The second kappa shape index (κ2) is 8.81. The van der Waals surface area contributed by atoms with Gasteiger partial charge in [-0.2, -0.15) is 0 Å². The molecule has 1 rings (SSSR count). The first-order valence-corrected chi connectivity index (χ1v) is 6.68. The van der Waals surface area contributed by atoms with Gasteiger partial charge in [-0.15, -0.1) is 11.6 Å². The number of methoxy groups -OCH3 is 1. The monoisotopic (exact) mass is 270 g/mol. The van der Waals surface area contributed by atoms with Crippen molar-refractivity contribution < 1.29 is 14.3 Å². The number of benzene rings is 1. The summed E-state index contributed by atoms with van der Waals surface area (Å²) in [6.07, 6.45) is 4.04. The standard InChI is InChI=1S/C14H19ClO3/c1-17-13-8-6-12(7-9-13)14(16)18-11-5-3-2-4-10-15/h6-9H,2-5,10-11H2,1H3. The fourth-order valence-electron chi connectivity index (χ4n) is 1.53. The maximum atomic E-state index is 11.6. The molecule has 0 saturated carbocycles. The van der Waals surface area contributed by atoms with E-state index in [4.69, 9.17) is 21.1 Å². The molecule has 0 fully saturated rings. The van der Waals surface area contributed by atoms with Crippen LogP contribution < -0.4 is 4.74 Å². The summed E-state index contributed by atoms with van der Waals surface area (Å²) in [5, 5.41) is 0. The summed E-state index contributed by atoms with van der Waals surface area (Å²) in [7, 11) is 1.59. The van der Waals surface area contributed by atoms with Gasteiger partial charge in [0.15, 0.2) is 0 Å². The van der Waals surface area contributed by atoms with Gasteiger partial charge in [0.25, 0.3) is 0 Å². The van der Waals surface area contributed by atoms with Crippen LogP contribution in [0.3, 0.4) is 0 Å². The highest BCUT2D eigenvalue weighted by atomic mass is 35.5. The molecule has 0 aliphatic heterocycles. The number of halogens is 1. The number of ether oxygens (including phenoxy) is 2. The Bertz CT molecular complexity index is 349. The van der Waals surface area contributed by atoms with E-state index in [0.29, 0.717) is 18.1 Å². The molecule has 0 aliphatic carbocycles. The SMILES string of the molecule is COc1ccc(C(=O)OCCCCCCCl)cc1. The molecule has 0 amide bonds. The Morgan fingerprint density at radius 3 is 2.39 bits per heavy atom. The molecule has 1 aromatic rings. The molecule has 0 saturated heterocycles. The third-order valence-corrected chi connectivity index (χ3v) is 2.85. The van der Waals surface area contributed by atoms with Crippen LogP contribution in [0.5, 0.6) is 5.75 Å². The van der Waals surface area contributed by atoms with Crippen molar-refractivity contribution >= 4 is 17.6 Å². The van der Waals surface area contributed by atoms with Crippen LogP contribution in [0.15, 0.2) is 24.3 Å². The highest BCUT2D eigenvalue weighted by molar-refractivity contribution is 6.17. The molecular formula is C14H19ClO3. The lowest BCUT2D eigenvalue weighted by atomic mass is 10.2. The summed E-state index contributed by atoms with van der Waals surface area (Å²) in [5.41, 5.74) is 0.552. The maximum absolute atomic E-state index is 11.6. The molecule has 0 aliphatic rings. The zero-order valence-corrected chi connectivity index (χ0v) is 11.4. The Morgan fingerprint density at radius 2 is 1.78 bits per heavy atom.